The van der Waals surface area contributed by atoms with Gasteiger partial charge >= 0.3 is 5.97 Å². The molecule has 0 aromatic carbocycles. The molecule has 0 fully saturated rings. The third kappa shape index (κ3) is 2.35. The van der Waals surface area contributed by atoms with Crippen LogP contribution in [-0.2, 0) is 9.53 Å². The van der Waals surface area contributed by atoms with Crippen LogP contribution in [-0.4, -0.2) is 13.1 Å². The second kappa shape index (κ2) is 4.61. The second-order valence-electron chi connectivity index (χ2n) is 1.61. The van der Waals surface area contributed by atoms with E-state index in [1.165, 1.54) is 13.3 Å². The van der Waals surface area contributed by atoms with Gasteiger partial charge in [0.1, 0.15) is 0 Å². The fourth-order valence-electron chi connectivity index (χ4n) is 0.489. The van der Waals surface area contributed by atoms with E-state index in [2.05, 4.69) is 4.74 Å². The van der Waals surface area contributed by atoms with Crippen molar-refractivity contribution in [1.82, 2.24) is 0 Å². The van der Waals surface area contributed by atoms with E-state index in [4.69, 9.17) is 5.73 Å². The number of carbonyl (C=O) groups excluding carboxylic acids is 1. The maximum Gasteiger partial charge on any atom is 0.339 e. The summed E-state index contributed by atoms with van der Waals surface area (Å²) < 4.78 is 4.42. The van der Waals surface area contributed by atoms with Gasteiger partial charge in [0.2, 0.25) is 0 Å². The lowest BCUT2D eigenvalue weighted by atomic mass is 10.3. The van der Waals surface area contributed by atoms with Crippen molar-refractivity contribution >= 4 is 5.97 Å². The molecule has 0 aliphatic rings. The van der Waals surface area contributed by atoms with E-state index in [0.717, 1.165) is 0 Å². The second-order valence-corrected chi connectivity index (χ2v) is 1.61. The van der Waals surface area contributed by atoms with E-state index < -0.39 is 5.97 Å². The number of ether oxygens (including phenoxy) is 1. The fraction of sp³-hybridized carbons (Fsp3) is 0.286. The zero-order valence-corrected chi connectivity index (χ0v) is 6.13. The van der Waals surface area contributed by atoms with E-state index in [1.54, 1.807) is 19.1 Å². The van der Waals surface area contributed by atoms with Gasteiger partial charge in [0, 0.05) is 6.20 Å². The van der Waals surface area contributed by atoms with Gasteiger partial charge in [-0.25, -0.2) is 4.79 Å². The Kier molecular flexibility index (Phi) is 4.04. The molecule has 0 atom stereocenters. The van der Waals surface area contributed by atoms with Crippen LogP contribution in [0.25, 0.3) is 0 Å². The van der Waals surface area contributed by atoms with Gasteiger partial charge in [-0.05, 0) is 6.92 Å². The van der Waals surface area contributed by atoms with Crippen LogP contribution in [0.3, 0.4) is 0 Å². The van der Waals surface area contributed by atoms with Crippen LogP contribution in [0.15, 0.2) is 23.9 Å². The Morgan fingerprint density at radius 3 is 2.50 bits per heavy atom. The third-order valence-electron chi connectivity index (χ3n) is 0.947. The van der Waals surface area contributed by atoms with Crippen LogP contribution in [0.2, 0.25) is 0 Å². The highest BCUT2D eigenvalue weighted by molar-refractivity contribution is 5.91. The Labute approximate surface area is 60.2 Å². The Balaban J connectivity index is 4.23. The highest BCUT2D eigenvalue weighted by atomic mass is 16.5. The average molecular weight is 141 g/mol. The summed E-state index contributed by atoms with van der Waals surface area (Å²) in [4.78, 5) is 10.7. The van der Waals surface area contributed by atoms with Crippen molar-refractivity contribution < 1.29 is 9.53 Å². The summed E-state index contributed by atoms with van der Waals surface area (Å²) in [6.45, 7) is 1.80. The van der Waals surface area contributed by atoms with Crippen LogP contribution < -0.4 is 5.73 Å². The number of hydrogen-bond acceptors (Lipinski definition) is 3. The summed E-state index contributed by atoms with van der Waals surface area (Å²) in [5, 5.41) is 0. The SMILES string of the molecule is C/C=C\C(=C/N)C(=O)OC. The molecule has 0 heterocycles. The zero-order valence-electron chi connectivity index (χ0n) is 6.13. The number of methoxy groups -OCH3 is 1. The van der Waals surface area contributed by atoms with Crippen molar-refractivity contribution in [3.05, 3.63) is 23.9 Å². The number of carbonyl (C=O) groups is 1. The molecule has 0 saturated carbocycles. The Morgan fingerprint density at radius 2 is 2.20 bits per heavy atom. The summed E-state index contributed by atoms with van der Waals surface area (Å²) in [5.41, 5.74) is 5.49. The van der Waals surface area contributed by atoms with E-state index >= 15 is 0 Å². The first-order valence-electron chi connectivity index (χ1n) is 2.89. The molecule has 0 aromatic heterocycles. The number of hydrogen-bond donors (Lipinski definition) is 1. The van der Waals surface area contributed by atoms with Crippen molar-refractivity contribution in [3.8, 4) is 0 Å². The first-order chi connectivity index (χ1) is 4.76. The predicted molar refractivity (Wildman–Crippen MR) is 39.1 cm³/mol. The van der Waals surface area contributed by atoms with Crippen LogP contribution >= 0.6 is 0 Å². The molecular weight excluding hydrogens is 130 g/mol. The molecule has 0 spiro atoms. The predicted octanol–water partition coefficient (Wildman–Crippen LogP) is 0.578. The first-order valence-corrected chi connectivity index (χ1v) is 2.89. The van der Waals surface area contributed by atoms with Gasteiger partial charge in [0.25, 0.3) is 0 Å². The highest BCUT2D eigenvalue weighted by Crippen LogP contribution is 1.96. The Hall–Kier alpha value is -1.25. The molecule has 0 bridgehead atoms. The number of esters is 1. The average Bonchev–Trinajstić information content (AvgIpc) is 1.99. The maximum absolute atomic E-state index is 10.7. The minimum Gasteiger partial charge on any atom is -0.465 e. The molecule has 56 valence electrons. The van der Waals surface area contributed by atoms with Gasteiger partial charge in [0.05, 0.1) is 12.7 Å². The van der Waals surface area contributed by atoms with Crippen molar-refractivity contribution in [2.45, 2.75) is 6.92 Å². The summed E-state index contributed by atoms with van der Waals surface area (Å²) in [6.07, 6.45) is 4.52. The number of allylic oxidation sites excluding steroid dienone is 1. The zero-order chi connectivity index (χ0) is 7.98. The van der Waals surface area contributed by atoms with Crippen molar-refractivity contribution in [1.29, 1.82) is 0 Å². The van der Waals surface area contributed by atoms with Crippen molar-refractivity contribution in [3.63, 3.8) is 0 Å². The summed E-state index contributed by atoms with van der Waals surface area (Å²) in [7, 11) is 1.31. The molecule has 0 aromatic rings. The number of nitrogens with two attached hydrogens (primary N) is 1. The normalized spacial score (nSPS) is 12.0. The van der Waals surface area contributed by atoms with Crippen LogP contribution in [0.1, 0.15) is 6.92 Å². The molecule has 3 nitrogen and oxygen atoms in total. The van der Waals surface area contributed by atoms with Crippen LogP contribution in [0.5, 0.6) is 0 Å². The van der Waals surface area contributed by atoms with Gasteiger partial charge in [-0.15, -0.1) is 0 Å². The van der Waals surface area contributed by atoms with E-state index in [1.807, 2.05) is 0 Å². The Morgan fingerprint density at radius 1 is 1.60 bits per heavy atom. The molecule has 0 aliphatic heterocycles. The van der Waals surface area contributed by atoms with Gasteiger partial charge in [0.15, 0.2) is 0 Å². The van der Waals surface area contributed by atoms with Gasteiger partial charge in [-0.3, -0.25) is 0 Å². The standard InChI is InChI=1S/C7H11NO2/c1-3-4-6(5-8)7(9)10-2/h3-5H,8H2,1-2H3/b4-3-,6-5+. The maximum atomic E-state index is 10.7. The lowest BCUT2D eigenvalue weighted by molar-refractivity contribution is -0.135. The summed E-state index contributed by atoms with van der Waals surface area (Å²) in [5.74, 6) is -0.416. The molecule has 0 amide bonds. The number of rotatable bonds is 2. The fourth-order valence-corrected chi connectivity index (χ4v) is 0.489. The van der Waals surface area contributed by atoms with Crippen molar-refractivity contribution in [2.75, 3.05) is 7.11 Å². The highest BCUT2D eigenvalue weighted by Gasteiger charge is 2.02. The van der Waals surface area contributed by atoms with Crippen molar-refractivity contribution in [2.24, 2.45) is 5.73 Å². The molecule has 0 radical (unpaired) electrons. The minimum atomic E-state index is -0.416. The molecule has 0 saturated heterocycles. The van der Waals surface area contributed by atoms with Crippen LogP contribution in [0.4, 0.5) is 0 Å². The van der Waals surface area contributed by atoms with E-state index in [9.17, 15) is 4.79 Å². The van der Waals surface area contributed by atoms with Gasteiger partial charge in [-0.1, -0.05) is 12.2 Å². The largest absolute Gasteiger partial charge is 0.465 e. The molecular formula is C7H11NO2. The molecule has 0 unspecified atom stereocenters. The minimum absolute atomic E-state index is 0.366. The topological polar surface area (TPSA) is 52.3 Å². The molecule has 3 heteroatoms. The first kappa shape index (κ1) is 8.75. The quantitative estimate of drug-likeness (QED) is 0.347. The third-order valence-corrected chi connectivity index (χ3v) is 0.947. The summed E-state index contributed by atoms with van der Waals surface area (Å²) in [6, 6.07) is 0. The molecule has 2 N–H and O–H groups in total. The molecule has 0 aliphatic carbocycles. The molecule has 0 rings (SSSR count). The Bertz CT molecular complexity index is 170. The van der Waals surface area contributed by atoms with Gasteiger partial charge < -0.3 is 10.5 Å². The van der Waals surface area contributed by atoms with Gasteiger partial charge in [-0.2, -0.15) is 0 Å². The smallest absolute Gasteiger partial charge is 0.339 e. The monoisotopic (exact) mass is 141 g/mol. The molecule has 10 heavy (non-hydrogen) atoms. The lowest BCUT2D eigenvalue weighted by Crippen LogP contribution is -2.04. The van der Waals surface area contributed by atoms with Crippen LogP contribution in [0, 0.1) is 0 Å². The van der Waals surface area contributed by atoms with E-state index in [-0.39, 0.29) is 0 Å². The lowest BCUT2D eigenvalue weighted by Gasteiger charge is -1.95. The van der Waals surface area contributed by atoms with E-state index in [0.29, 0.717) is 5.57 Å². The summed E-state index contributed by atoms with van der Waals surface area (Å²) >= 11 is 0.